The first-order valence-corrected chi connectivity index (χ1v) is 9.66. The number of carbonyl (C=O) groups excluding carboxylic acids is 2. The maximum atomic E-state index is 12.7. The number of hydrogen-bond acceptors (Lipinski definition) is 5. The van der Waals surface area contributed by atoms with Crippen molar-refractivity contribution in [3.05, 3.63) is 10.6 Å². The van der Waals surface area contributed by atoms with Crippen molar-refractivity contribution in [1.82, 2.24) is 9.88 Å². The minimum absolute atomic E-state index is 0.167. The molecule has 5 nitrogen and oxygen atoms in total. The topological polar surface area (TPSA) is 76.3 Å². The van der Waals surface area contributed by atoms with Crippen LogP contribution in [0.5, 0.6) is 0 Å². The number of thiazole rings is 1. The first-order chi connectivity index (χ1) is 10.8. The van der Waals surface area contributed by atoms with Crippen LogP contribution in [0.4, 0.5) is 0 Å². The van der Waals surface area contributed by atoms with E-state index in [1.165, 1.54) is 29.5 Å². The molecule has 2 amide bonds. The van der Waals surface area contributed by atoms with Crippen LogP contribution in [-0.4, -0.2) is 40.0 Å². The highest BCUT2D eigenvalue weighted by Gasteiger charge is 2.29. The zero-order valence-corrected chi connectivity index (χ0v) is 15.8. The molecule has 0 radical (unpaired) electrons. The Balaban J connectivity index is 1.99. The molecule has 7 heteroatoms. The van der Waals surface area contributed by atoms with Gasteiger partial charge in [-0.3, -0.25) is 9.59 Å². The number of nitrogens with zero attached hydrogens (tertiary/aromatic N) is 2. The highest BCUT2D eigenvalue weighted by molar-refractivity contribution is 8.02. The van der Waals surface area contributed by atoms with Crippen molar-refractivity contribution in [2.75, 3.05) is 13.1 Å². The Morgan fingerprint density at radius 1 is 1.39 bits per heavy atom. The van der Waals surface area contributed by atoms with Gasteiger partial charge in [0.25, 0.3) is 0 Å². The van der Waals surface area contributed by atoms with E-state index < -0.39 is 0 Å². The van der Waals surface area contributed by atoms with E-state index in [1.54, 1.807) is 0 Å². The van der Waals surface area contributed by atoms with Gasteiger partial charge in [0, 0.05) is 18.0 Å². The number of hydrogen-bond donors (Lipinski definition) is 1. The molecule has 1 fully saturated rings. The Hall–Kier alpha value is -1.08. The lowest BCUT2D eigenvalue weighted by Crippen LogP contribution is -2.45. The Bertz CT molecular complexity index is 578. The zero-order chi connectivity index (χ0) is 17.1. The van der Waals surface area contributed by atoms with Gasteiger partial charge in [-0.1, -0.05) is 25.6 Å². The minimum atomic E-state index is -0.353. The normalized spacial score (nSPS) is 22.9. The van der Waals surface area contributed by atoms with Crippen molar-refractivity contribution >= 4 is 34.9 Å². The SMILES string of the molecule is Cc1nc(S[C@@H](C)C(=O)N2C[C@H](C)C[C@H](C)C2)sc1CC(N)=O. The van der Waals surface area contributed by atoms with Crippen molar-refractivity contribution in [2.45, 2.75) is 50.1 Å². The van der Waals surface area contributed by atoms with Crippen LogP contribution in [0.15, 0.2) is 4.34 Å². The number of primary amides is 1. The second-order valence-electron chi connectivity index (χ2n) is 6.58. The van der Waals surface area contributed by atoms with Crippen LogP contribution in [0, 0.1) is 18.8 Å². The summed E-state index contributed by atoms with van der Waals surface area (Å²) in [7, 11) is 0. The van der Waals surface area contributed by atoms with Crippen molar-refractivity contribution in [3.8, 4) is 0 Å². The zero-order valence-electron chi connectivity index (χ0n) is 14.2. The van der Waals surface area contributed by atoms with Crippen molar-refractivity contribution in [2.24, 2.45) is 17.6 Å². The highest BCUT2D eigenvalue weighted by atomic mass is 32.2. The number of carbonyl (C=O) groups is 2. The second-order valence-corrected chi connectivity index (χ2v) is 9.25. The Morgan fingerprint density at radius 2 is 2.00 bits per heavy atom. The van der Waals surface area contributed by atoms with E-state index in [2.05, 4.69) is 18.8 Å². The van der Waals surface area contributed by atoms with Crippen molar-refractivity contribution in [3.63, 3.8) is 0 Å². The maximum absolute atomic E-state index is 12.7. The van der Waals surface area contributed by atoms with Gasteiger partial charge < -0.3 is 10.6 Å². The number of likely N-dealkylation sites (tertiary alicyclic amines) is 1. The van der Waals surface area contributed by atoms with Crippen LogP contribution in [0.25, 0.3) is 0 Å². The molecule has 2 N–H and O–H groups in total. The summed E-state index contributed by atoms with van der Waals surface area (Å²) >= 11 is 2.94. The van der Waals surface area contributed by atoms with E-state index in [0.717, 1.165) is 28.0 Å². The number of nitrogens with two attached hydrogens (primary N) is 1. The van der Waals surface area contributed by atoms with Gasteiger partial charge in [-0.15, -0.1) is 11.3 Å². The van der Waals surface area contributed by atoms with Crippen LogP contribution in [-0.2, 0) is 16.0 Å². The molecule has 1 aliphatic heterocycles. The van der Waals surface area contributed by atoms with Crippen molar-refractivity contribution in [1.29, 1.82) is 0 Å². The number of rotatable bonds is 5. The van der Waals surface area contributed by atoms with Gasteiger partial charge in [0.2, 0.25) is 11.8 Å². The summed E-state index contributed by atoms with van der Waals surface area (Å²) in [5.74, 6) is 0.944. The van der Waals surface area contributed by atoms with Crippen LogP contribution < -0.4 is 5.73 Å². The van der Waals surface area contributed by atoms with Crippen molar-refractivity contribution < 1.29 is 9.59 Å². The standard InChI is InChI=1S/C16H25N3O2S2/c1-9-5-10(2)8-19(7-9)15(21)12(4)22-16-18-11(3)13(23-16)6-14(17)20/h9-10,12H,5-8H2,1-4H3,(H2,17,20)/t9-,10+,12-/m0/s1. The van der Waals surface area contributed by atoms with Gasteiger partial charge in [-0.25, -0.2) is 4.98 Å². The molecule has 2 heterocycles. The maximum Gasteiger partial charge on any atom is 0.235 e. The molecule has 3 atom stereocenters. The predicted octanol–water partition coefficient (Wildman–Crippen LogP) is 2.46. The van der Waals surface area contributed by atoms with Gasteiger partial charge in [-0.2, -0.15) is 0 Å². The minimum Gasteiger partial charge on any atom is -0.369 e. The molecule has 0 saturated carbocycles. The first-order valence-electron chi connectivity index (χ1n) is 7.96. The molecule has 1 saturated heterocycles. The van der Waals surface area contributed by atoms with Crippen LogP contribution in [0.2, 0.25) is 0 Å². The third-order valence-corrected chi connectivity index (χ3v) is 6.35. The molecular formula is C16H25N3O2S2. The fourth-order valence-electron chi connectivity index (χ4n) is 3.08. The second kappa shape index (κ2) is 7.66. The predicted molar refractivity (Wildman–Crippen MR) is 94.6 cm³/mol. The summed E-state index contributed by atoms with van der Waals surface area (Å²) in [6, 6.07) is 0. The van der Waals surface area contributed by atoms with Gasteiger partial charge in [0.15, 0.2) is 4.34 Å². The van der Waals surface area contributed by atoms with Crippen LogP contribution in [0.1, 0.15) is 37.8 Å². The average Bonchev–Trinajstić information content (AvgIpc) is 2.75. The summed E-state index contributed by atoms with van der Waals surface area (Å²) in [6.45, 7) is 9.90. The number of piperidine rings is 1. The van der Waals surface area contributed by atoms with Crippen LogP contribution in [0.3, 0.4) is 0 Å². The molecule has 0 aliphatic carbocycles. The van der Waals surface area contributed by atoms with Gasteiger partial charge in [-0.05, 0) is 32.1 Å². The van der Waals surface area contributed by atoms with E-state index in [0.29, 0.717) is 11.8 Å². The van der Waals surface area contributed by atoms with Gasteiger partial charge in [0.05, 0.1) is 17.4 Å². The molecule has 128 valence electrons. The lowest BCUT2D eigenvalue weighted by molar-refractivity contribution is -0.133. The van der Waals surface area contributed by atoms with E-state index in [1.807, 2.05) is 18.7 Å². The molecular weight excluding hydrogens is 330 g/mol. The summed E-state index contributed by atoms with van der Waals surface area (Å²) in [6.07, 6.45) is 1.40. The number of amides is 2. The third kappa shape index (κ3) is 4.94. The molecule has 0 spiro atoms. The van der Waals surface area contributed by atoms with Crippen LogP contribution >= 0.6 is 23.1 Å². The molecule has 1 aromatic rings. The number of aromatic nitrogens is 1. The molecule has 1 aliphatic rings. The van der Waals surface area contributed by atoms with Gasteiger partial charge >= 0.3 is 0 Å². The molecule has 0 aromatic carbocycles. The third-order valence-electron chi connectivity index (χ3n) is 4.01. The summed E-state index contributed by atoms with van der Waals surface area (Å²) < 4.78 is 0.831. The lowest BCUT2D eigenvalue weighted by Gasteiger charge is -2.36. The van der Waals surface area contributed by atoms with E-state index in [-0.39, 0.29) is 23.5 Å². The number of thioether (sulfide) groups is 1. The smallest absolute Gasteiger partial charge is 0.235 e. The Labute approximate surface area is 146 Å². The first kappa shape index (κ1) is 18.3. The molecule has 2 rings (SSSR count). The molecule has 23 heavy (non-hydrogen) atoms. The largest absolute Gasteiger partial charge is 0.369 e. The monoisotopic (exact) mass is 355 g/mol. The van der Waals surface area contributed by atoms with E-state index in [4.69, 9.17) is 5.73 Å². The average molecular weight is 356 g/mol. The highest BCUT2D eigenvalue weighted by Crippen LogP contribution is 2.32. The Kier molecular flexibility index (Phi) is 6.08. The lowest BCUT2D eigenvalue weighted by atomic mass is 9.92. The fraction of sp³-hybridized carbons (Fsp3) is 0.688. The Morgan fingerprint density at radius 3 is 2.57 bits per heavy atom. The fourth-order valence-corrected chi connectivity index (χ4v) is 5.55. The number of aryl methyl sites for hydroxylation is 1. The molecule has 0 bridgehead atoms. The van der Waals surface area contributed by atoms with E-state index >= 15 is 0 Å². The summed E-state index contributed by atoms with van der Waals surface area (Å²) in [4.78, 5) is 31.1. The van der Waals surface area contributed by atoms with E-state index in [9.17, 15) is 9.59 Å². The summed E-state index contributed by atoms with van der Waals surface area (Å²) in [5, 5.41) is -0.167. The quantitative estimate of drug-likeness (QED) is 0.823. The molecule has 1 aromatic heterocycles. The van der Waals surface area contributed by atoms with Gasteiger partial charge in [0.1, 0.15) is 0 Å². The summed E-state index contributed by atoms with van der Waals surface area (Å²) in [5.41, 5.74) is 6.08. The molecule has 0 unspecified atom stereocenters.